The fraction of sp³-hybridized carbons (Fsp3) is 0.158. The van der Waals surface area contributed by atoms with E-state index in [1.54, 1.807) is 0 Å². The topological polar surface area (TPSA) is 161 Å². The molecule has 0 radical (unpaired) electrons. The van der Waals surface area contributed by atoms with Crippen molar-refractivity contribution in [2.75, 3.05) is 0 Å². The number of carboxylic acid groups (broad SMARTS) is 2. The number of carbonyl (C=O) groups is 4. The Hall–Kier alpha value is -4.08. The van der Waals surface area contributed by atoms with Crippen molar-refractivity contribution in [1.29, 1.82) is 0 Å². The number of rotatable bonds is 7. The van der Waals surface area contributed by atoms with Gasteiger partial charge in [-0.3, -0.25) is 10.1 Å². The van der Waals surface area contributed by atoms with Gasteiger partial charge in [-0.15, -0.1) is 0 Å². The number of nitro benzene ring substituents is 1. The minimum absolute atomic E-state index is 0.168. The average molecular weight is 401 g/mol. The highest BCUT2D eigenvalue weighted by Crippen LogP contribution is 2.19. The van der Waals surface area contributed by atoms with E-state index in [1.807, 2.05) is 6.92 Å². The molecule has 0 aromatic heterocycles. The summed E-state index contributed by atoms with van der Waals surface area (Å²) in [4.78, 5) is 56.9. The lowest BCUT2D eigenvalue weighted by Gasteiger charge is -2.08. The lowest BCUT2D eigenvalue weighted by Crippen LogP contribution is -2.15. The minimum Gasteiger partial charge on any atom is -0.478 e. The van der Waals surface area contributed by atoms with Crippen LogP contribution in [0.15, 0.2) is 36.4 Å². The molecule has 0 unspecified atom stereocenters. The molecule has 2 aromatic rings. The third-order valence-electron chi connectivity index (χ3n) is 3.81. The van der Waals surface area contributed by atoms with Gasteiger partial charge in [0.15, 0.2) is 0 Å². The van der Waals surface area contributed by atoms with Gasteiger partial charge in [0.2, 0.25) is 0 Å². The number of aryl methyl sites for hydroxylation is 1. The molecule has 29 heavy (non-hydrogen) atoms. The van der Waals surface area contributed by atoms with Crippen molar-refractivity contribution in [3.05, 3.63) is 74.3 Å². The van der Waals surface area contributed by atoms with Gasteiger partial charge < -0.3 is 14.9 Å². The maximum atomic E-state index is 12.3. The Morgan fingerprint density at radius 2 is 1.31 bits per heavy atom. The van der Waals surface area contributed by atoms with Gasteiger partial charge in [0.25, 0.3) is 5.69 Å². The quantitative estimate of drug-likeness (QED) is 0.307. The second-order valence-corrected chi connectivity index (χ2v) is 5.98. The van der Waals surface area contributed by atoms with Crippen LogP contribution in [0.3, 0.4) is 0 Å². The van der Waals surface area contributed by atoms with Crippen LogP contribution in [-0.4, -0.2) is 39.0 Å². The first-order valence-corrected chi connectivity index (χ1v) is 8.29. The van der Waals surface area contributed by atoms with Crippen molar-refractivity contribution in [2.24, 2.45) is 0 Å². The molecule has 0 aliphatic rings. The average Bonchev–Trinajstić information content (AvgIpc) is 2.67. The predicted octanol–water partition coefficient (Wildman–Crippen LogP) is 2.94. The molecule has 0 atom stereocenters. The van der Waals surface area contributed by atoms with Crippen molar-refractivity contribution in [1.82, 2.24) is 0 Å². The molecule has 10 heteroatoms. The van der Waals surface area contributed by atoms with E-state index in [4.69, 9.17) is 5.11 Å². The van der Waals surface area contributed by atoms with Crippen molar-refractivity contribution in [2.45, 2.75) is 19.8 Å². The minimum atomic E-state index is -1.51. The normalized spacial score (nSPS) is 10.2. The van der Waals surface area contributed by atoms with Gasteiger partial charge >= 0.3 is 23.9 Å². The SMILES string of the molecule is CCCc1cc(C(=O)O)cc(C(=O)OC(=O)c2cc(C(=O)O)cc([N+](=O)[O-])c2)c1. The number of carbonyl (C=O) groups excluding carboxylic acids is 2. The summed E-state index contributed by atoms with van der Waals surface area (Å²) in [7, 11) is 0. The molecule has 0 amide bonds. The van der Waals surface area contributed by atoms with Crippen LogP contribution in [0, 0.1) is 10.1 Å². The van der Waals surface area contributed by atoms with Crippen LogP contribution in [0.1, 0.15) is 60.3 Å². The number of non-ortho nitro benzene ring substituents is 1. The smallest absolute Gasteiger partial charge is 0.346 e. The molecule has 2 rings (SSSR count). The Morgan fingerprint density at radius 1 is 0.862 bits per heavy atom. The van der Waals surface area contributed by atoms with Gasteiger partial charge in [0.05, 0.1) is 27.2 Å². The van der Waals surface area contributed by atoms with E-state index >= 15 is 0 Å². The lowest BCUT2D eigenvalue weighted by molar-refractivity contribution is -0.384. The molecule has 0 aliphatic heterocycles. The van der Waals surface area contributed by atoms with Crippen LogP contribution < -0.4 is 0 Å². The standard InChI is InChI=1S/C19H15NO9/c1-2-3-10-4-11(16(21)22)6-13(5-10)18(25)29-19(26)14-7-12(17(23)24)8-15(9-14)20(27)28/h4-9H,2-3H2,1H3,(H,21,22)(H,23,24). The maximum absolute atomic E-state index is 12.3. The zero-order valence-electron chi connectivity index (χ0n) is 15.1. The van der Waals surface area contributed by atoms with Gasteiger partial charge in [-0.05, 0) is 36.2 Å². The van der Waals surface area contributed by atoms with E-state index in [2.05, 4.69) is 4.74 Å². The predicted molar refractivity (Wildman–Crippen MR) is 97.2 cm³/mol. The van der Waals surface area contributed by atoms with E-state index in [0.29, 0.717) is 18.4 Å². The second-order valence-electron chi connectivity index (χ2n) is 5.98. The number of hydrogen-bond donors (Lipinski definition) is 2. The fourth-order valence-electron chi connectivity index (χ4n) is 2.53. The number of ether oxygens (including phenoxy) is 1. The van der Waals surface area contributed by atoms with Crippen molar-refractivity contribution < 1.29 is 39.1 Å². The molecule has 150 valence electrons. The number of nitro groups is 1. The first kappa shape index (κ1) is 21.2. The van der Waals surface area contributed by atoms with Crippen LogP contribution in [0.25, 0.3) is 0 Å². The molecular formula is C19H15NO9. The van der Waals surface area contributed by atoms with Gasteiger partial charge in [-0.2, -0.15) is 0 Å². The molecule has 10 nitrogen and oxygen atoms in total. The number of aromatic carboxylic acids is 2. The molecule has 0 spiro atoms. The Balaban J connectivity index is 2.36. The Kier molecular flexibility index (Phi) is 6.40. The second kappa shape index (κ2) is 8.74. The third-order valence-corrected chi connectivity index (χ3v) is 3.81. The summed E-state index contributed by atoms with van der Waals surface area (Å²) >= 11 is 0. The third kappa shape index (κ3) is 5.22. The van der Waals surface area contributed by atoms with Crippen LogP contribution in [-0.2, 0) is 11.2 Å². The monoisotopic (exact) mass is 401 g/mol. The highest BCUT2D eigenvalue weighted by Gasteiger charge is 2.22. The van der Waals surface area contributed by atoms with Gasteiger partial charge in [0, 0.05) is 12.1 Å². The number of benzene rings is 2. The Labute approximate surface area is 163 Å². The molecule has 0 saturated heterocycles. The summed E-state index contributed by atoms with van der Waals surface area (Å²) in [6, 6.07) is 6.17. The maximum Gasteiger partial charge on any atom is 0.346 e. The molecular weight excluding hydrogens is 386 g/mol. The molecule has 2 aromatic carbocycles. The van der Waals surface area contributed by atoms with Crippen molar-refractivity contribution in [3.63, 3.8) is 0 Å². The van der Waals surface area contributed by atoms with E-state index in [1.165, 1.54) is 12.1 Å². The van der Waals surface area contributed by atoms with Gasteiger partial charge in [0.1, 0.15) is 0 Å². The van der Waals surface area contributed by atoms with Crippen LogP contribution >= 0.6 is 0 Å². The first-order chi connectivity index (χ1) is 13.6. The van der Waals surface area contributed by atoms with Crippen molar-refractivity contribution in [3.8, 4) is 0 Å². The zero-order chi connectivity index (χ0) is 21.7. The van der Waals surface area contributed by atoms with Gasteiger partial charge in [-0.1, -0.05) is 13.3 Å². The summed E-state index contributed by atoms with van der Waals surface area (Å²) < 4.78 is 4.67. The zero-order valence-corrected chi connectivity index (χ0v) is 15.1. The highest BCUT2D eigenvalue weighted by molar-refractivity contribution is 6.05. The summed E-state index contributed by atoms with van der Waals surface area (Å²) in [6.45, 7) is 1.86. The van der Waals surface area contributed by atoms with E-state index in [-0.39, 0.29) is 11.1 Å². The molecule has 0 aliphatic carbocycles. The molecule has 0 saturated carbocycles. The number of esters is 2. The first-order valence-electron chi connectivity index (χ1n) is 8.29. The fourth-order valence-corrected chi connectivity index (χ4v) is 2.53. The van der Waals surface area contributed by atoms with Crippen molar-refractivity contribution >= 4 is 29.6 Å². The van der Waals surface area contributed by atoms with Crippen LogP contribution in [0.5, 0.6) is 0 Å². The van der Waals surface area contributed by atoms with E-state index in [0.717, 1.165) is 24.3 Å². The molecule has 2 N–H and O–H groups in total. The number of hydrogen-bond acceptors (Lipinski definition) is 7. The van der Waals surface area contributed by atoms with E-state index < -0.39 is 45.6 Å². The molecule has 0 bridgehead atoms. The number of nitrogens with zero attached hydrogens (tertiary/aromatic N) is 1. The largest absolute Gasteiger partial charge is 0.478 e. The van der Waals surface area contributed by atoms with Crippen LogP contribution in [0.4, 0.5) is 5.69 Å². The van der Waals surface area contributed by atoms with E-state index in [9.17, 15) is 34.4 Å². The molecule has 0 fully saturated rings. The summed E-state index contributed by atoms with van der Waals surface area (Å²) in [5, 5.41) is 29.1. The Bertz CT molecular complexity index is 994. The van der Waals surface area contributed by atoms with Gasteiger partial charge in [-0.25, -0.2) is 19.2 Å². The summed E-state index contributed by atoms with van der Waals surface area (Å²) in [6.07, 6.45) is 1.17. The number of carboxylic acids is 2. The Morgan fingerprint density at radius 3 is 1.79 bits per heavy atom. The summed E-state index contributed by atoms with van der Waals surface area (Å²) in [5.74, 6) is -5.25. The highest BCUT2D eigenvalue weighted by atomic mass is 16.6. The lowest BCUT2D eigenvalue weighted by atomic mass is 10.0. The summed E-state index contributed by atoms with van der Waals surface area (Å²) in [5.41, 5.74) is -1.51. The molecule has 0 heterocycles. The van der Waals surface area contributed by atoms with Crippen LogP contribution in [0.2, 0.25) is 0 Å².